The van der Waals surface area contributed by atoms with Crippen LogP contribution in [0.4, 0.5) is 5.69 Å². The summed E-state index contributed by atoms with van der Waals surface area (Å²) >= 11 is 0. The van der Waals surface area contributed by atoms with Crippen LogP contribution < -0.4 is 104 Å². The fourth-order valence-electron chi connectivity index (χ4n) is 23.4. The molecule has 4 fully saturated rings. The molecule has 0 aromatic heterocycles. The van der Waals surface area contributed by atoms with E-state index in [9.17, 15) is 15.3 Å². The van der Waals surface area contributed by atoms with Gasteiger partial charge in [0.25, 0.3) is 0 Å². The summed E-state index contributed by atoms with van der Waals surface area (Å²) in [4.78, 5) is 7.24. The van der Waals surface area contributed by atoms with Gasteiger partial charge in [0.1, 0.15) is 34.5 Å². The van der Waals surface area contributed by atoms with Crippen LogP contribution >= 0.6 is 0 Å². The lowest BCUT2D eigenvalue weighted by molar-refractivity contribution is -0.194. The molecular formula is C108H129N3O27. The molecule has 2 saturated heterocycles. The molecule has 23 rings (SSSR count). The van der Waals surface area contributed by atoms with Crippen molar-refractivity contribution in [3.8, 4) is 126 Å². The van der Waals surface area contributed by atoms with Crippen molar-refractivity contribution < 1.29 is 129 Å². The molecule has 0 radical (unpaired) electrons. The van der Waals surface area contributed by atoms with Crippen LogP contribution in [0.1, 0.15) is 185 Å². The topological polar surface area (TPSA) is 292 Å². The Morgan fingerprint density at radius 3 is 1.30 bits per heavy atom. The molecule has 12 aliphatic heterocycles. The number of hydrogen-bond acceptors (Lipinski definition) is 30. The lowest BCUT2D eigenvalue weighted by Gasteiger charge is -2.55. The minimum atomic E-state index is -0.957. The number of anilines is 1. The number of fused-ring (bicyclic) bond motifs is 11. The molecule has 12 heterocycles. The van der Waals surface area contributed by atoms with Crippen molar-refractivity contribution in [3.05, 3.63) is 184 Å². The molecule has 138 heavy (non-hydrogen) atoms. The predicted octanol–water partition coefficient (Wildman–Crippen LogP) is 18.3. The Labute approximate surface area is 806 Å². The zero-order valence-electron chi connectivity index (χ0n) is 81.6. The van der Waals surface area contributed by atoms with Crippen molar-refractivity contribution in [1.29, 1.82) is 0 Å². The second kappa shape index (κ2) is 40.1. The highest BCUT2D eigenvalue weighted by atomic mass is 16.7. The zero-order chi connectivity index (χ0) is 96.1. The van der Waals surface area contributed by atoms with E-state index in [2.05, 4.69) is 91.2 Å². The second-order valence-corrected chi connectivity index (χ2v) is 38.2. The summed E-state index contributed by atoms with van der Waals surface area (Å²) < 4.78 is 137. The summed E-state index contributed by atoms with van der Waals surface area (Å²) in [5, 5.41) is 31.4. The molecule has 18 unspecified atom stereocenters. The minimum Gasteiger partial charge on any atom is -0.502 e. The number of phenolic OH excluding ortho intramolecular Hbond substituents is 1. The average Bonchev–Trinajstić information content (AvgIpc) is 1.10. The number of methoxy groups -OCH3 is 9. The third-order valence-corrected chi connectivity index (χ3v) is 30.7. The number of phenols is 1. The summed E-state index contributed by atoms with van der Waals surface area (Å²) in [5.41, 5.74) is 10.8. The standard InChI is InChI=1S/C26H32N2O3.C23H27NO6.C20H22O7.C20H22O5.C19H26O6/c1-27(2)19-10-8-18(9-11-19)25-20-15-23-24(30-17-29-23)16-22(20)31-26(28-13-5-6-14-28)12-4-3-7-21(25)26;1-13-21(14-8-19(26-2)22(25)20(9-14)27-3)15-10-17-18(29-12-28-17)11-16(15)30-23(13)24-6-4-5-7-24;1-10-18(11-5-16(22-2)19(24-4)17(6-11)23-3)12-7-14-15(26-9-25-14)8-13(12)27-20(10)21;1-12-19(13-5-7-14(21-3)8-6-13)15-9-17-18(24-11-23-17)10-16(15)25-20(12,2)22-4;1-10-17(11-5-4-6-13(21-2)18(11)22-3)12-7-15-16(24-9-23-15)8-14(12)25-19(10)20/h8-11,15-16,21,25H,3-7,12-14,17H2,1-2H3;8-11,13,21,23,25H,4-7,12H2,1-3H3;5-8,10,18,20-21H,9H2,1-4H3;5-10,12,19H,11H2,1-4H3;7-8,10-11,13,17-20H,4-6,9H2,1-3H3. The molecule has 0 spiro atoms. The highest BCUT2D eigenvalue weighted by Crippen LogP contribution is 2.62. The maximum atomic E-state index is 10.5. The normalized spacial score (nSPS) is 27.9. The van der Waals surface area contributed by atoms with Crippen LogP contribution in [0.25, 0.3) is 0 Å². The van der Waals surface area contributed by atoms with Crippen LogP contribution in [-0.4, -0.2) is 206 Å². The molecule has 2 saturated carbocycles. The molecule has 0 amide bonds. The average molecular weight is 1900 g/mol. The number of aliphatic hydroxyl groups excluding tert-OH is 2. The van der Waals surface area contributed by atoms with E-state index in [0.29, 0.717) is 87.6 Å². The Morgan fingerprint density at radius 2 is 0.819 bits per heavy atom. The van der Waals surface area contributed by atoms with Gasteiger partial charge in [0.05, 0.1) is 54.9 Å². The molecule has 18 atom stereocenters. The van der Waals surface area contributed by atoms with Crippen LogP contribution in [0, 0.1) is 35.5 Å². The van der Waals surface area contributed by atoms with E-state index < -0.39 is 18.4 Å². The van der Waals surface area contributed by atoms with Crippen molar-refractivity contribution in [2.75, 3.05) is 143 Å². The number of likely N-dealkylation sites (tertiary alicyclic amines) is 2. The Balaban J connectivity index is 0.000000111. The summed E-state index contributed by atoms with van der Waals surface area (Å²) in [7, 11) is 18.8. The van der Waals surface area contributed by atoms with Crippen LogP contribution in [-0.2, 0) is 14.2 Å². The van der Waals surface area contributed by atoms with Gasteiger partial charge in [0, 0.05) is 198 Å². The predicted molar refractivity (Wildman–Crippen MR) is 510 cm³/mol. The maximum Gasteiger partial charge on any atom is 0.231 e. The molecule has 30 nitrogen and oxygen atoms in total. The summed E-state index contributed by atoms with van der Waals surface area (Å²) in [6.07, 6.45) is 11.1. The first-order valence-electron chi connectivity index (χ1n) is 48.2. The second-order valence-electron chi connectivity index (χ2n) is 38.2. The fourth-order valence-corrected chi connectivity index (χ4v) is 23.4. The van der Waals surface area contributed by atoms with E-state index in [-0.39, 0.29) is 110 Å². The van der Waals surface area contributed by atoms with Crippen LogP contribution in [0.2, 0.25) is 0 Å². The Kier molecular flexibility index (Phi) is 27.6. The number of hydrogen-bond donors (Lipinski definition) is 3. The fraction of sp³-hybridized carbons (Fsp3) is 0.500. The van der Waals surface area contributed by atoms with Gasteiger partial charge in [-0.05, 0) is 158 Å². The van der Waals surface area contributed by atoms with Crippen molar-refractivity contribution in [3.63, 3.8) is 0 Å². The summed E-state index contributed by atoms with van der Waals surface area (Å²) in [6, 6.07) is 44.5. The number of benzene rings is 9. The Morgan fingerprint density at radius 1 is 0.384 bits per heavy atom. The molecule has 30 heteroatoms. The molecule has 0 bridgehead atoms. The Hall–Kier alpha value is -11.9. The molecule has 9 aromatic rings. The zero-order valence-corrected chi connectivity index (χ0v) is 81.6. The highest BCUT2D eigenvalue weighted by Gasteiger charge is 2.57. The van der Waals surface area contributed by atoms with E-state index in [4.69, 9.17) is 114 Å². The van der Waals surface area contributed by atoms with Crippen LogP contribution in [0.15, 0.2) is 133 Å². The van der Waals surface area contributed by atoms with Gasteiger partial charge >= 0.3 is 0 Å². The summed E-state index contributed by atoms with van der Waals surface area (Å²) in [6.45, 7) is 15.8. The van der Waals surface area contributed by atoms with E-state index in [1.807, 2.05) is 99.6 Å². The third kappa shape index (κ3) is 17.8. The molecule has 9 aromatic carbocycles. The molecule has 2 aliphatic carbocycles. The molecule has 14 aliphatic rings. The van der Waals surface area contributed by atoms with Gasteiger partial charge < -0.3 is 134 Å². The van der Waals surface area contributed by atoms with Gasteiger partial charge in [-0.2, -0.15) is 0 Å². The van der Waals surface area contributed by atoms with Gasteiger partial charge in [-0.25, -0.2) is 0 Å². The van der Waals surface area contributed by atoms with E-state index in [0.717, 1.165) is 137 Å². The highest BCUT2D eigenvalue weighted by molar-refractivity contribution is 5.65. The smallest absolute Gasteiger partial charge is 0.231 e. The van der Waals surface area contributed by atoms with E-state index in [1.54, 1.807) is 70.1 Å². The van der Waals surface area contributed by atoms with E-state index >= 15 is 0 Å². The van der Waals surface area contributed by atoms with Crippen molar-refractivity contribution >= 4 is 5.69 Å². The van der Waals surface area contributed by atoms with Crippen LogP contribution in [0.3, 0.4) is 0 Å². The van der Waals surface area contributed by atoms with Crippen molar-refractivity contribution in [2.45, 2.75) is 177 Å². The number of ether oxygens (including phenoxy) is 24. The molecular weight excluding hydrogens is 1770 g/mol. The SMILES string of the molecule is CN(C)c1ccc(C2c3cc4c(cc3OC3(N5CCCC5)CCCCC23)OCO4)cc1.COC1CCCC(C2c3cc4c(cc3OC(O)C2C)OCO4)C1OC.COc1cc(C2c3cc4c(cc3OC(N3CCCC3)C2C)OCO4)cc(OC)c1O.COc1cc(C2c3cc4c(cc3OC(O)C2C)OCO4)cc(OC)c1OC.COc1ccc(C2c3cc4c(cc3OC(C)(OC)C2C)OCO4)cc1. The molecule has 3 N–H and O–H groups in total. The first kappa shape index (κ1) is 95.0. The number of nitrogens with zero attached hydrogens (tertiary/aromatic N) is 3. The van der Waals surface area contributed by atoms with Gasteiger partial charge in [-0.3, -0.25) is 9.80 Å². The van der Waals surface area contributed by atoms with Gasteiger partial charge in [-0.1, -0.05) is 64.8 Å². The van der Waals surface area contributed by atoms with Gasteiger partial charge in [-0.15, -0.1) is 0 Å². The van der Waals surface area contributed by atoms with E-state index in [1.165, 1.54) is 67.3 Å². The minimum absolute atomic E-state index is 0.00484. The number of aliphatic hydroxyl groups is 2. The third-order valence-electron chi connectivity index (χ3n) is 30.7. The molecule has 738 valence electrons. The lowest BCUT2D eigenvalue weighted by Crippen LogP contribution is -2.61. The first-order chi connectivity index (χ1) is 67.0. The maximum absolute atomic E-state index is 10.5. The Bertz CT molecular complexity index is 5780. The summed E-state index contributed by atoms with van der Waals surface area (Å²) in [5.74, 6) is 14.6. The van der Waals surface area contributed by atoms with Crippen LogP contribution in [0.5, 0.6) is 126 Å². The van der Waals surface area contributed by atoms with Gasteiger partial charge in [0.15, 0.2) is 92.4 Å². The lowest BCUT2D eigenvalue weighted by atomic mass is 9.66. The first-order valence-corrected chi connectivity index (χ1v) is 48.2. The van der Waals surface area contributed by atoms with Gasteiger partial charge in [0.2, 0.25) is 63.8 Å². The monoisotopic (exact) mass is 1900 g/mol. The number of rotatable bonds is 17. The van der Waals surface area contributed by atoms with Crippen molar-refractivity contribution in [1.82, 2.24) is 9.80 Å². The number of aromatic hydroxyl groups is 1. The van der Waals surface area contributed by atoms with Crippen molar-refractivity contribution in [2.24, 2.45) is 35.5 Å². The largest absolute Gasteiger partial charge is 0.502 e. The quantitative estimate of drug-likeness (QED) is 0.0763.